The predicted molar refractivity (Wildman–Crippen MR) is 51.7 cm³/mol. The molecule has 3 nitrogen and oxygen atoms in total. The second-order valence-electron chi connectivity index (χ2n) is 3.10. The van der Waals surface area contributed by atoms with Crippen LogP contribution in [0.5, 0.6) is 11.6 Å². The maximum atomic E-state index is 11.9. The van der Waals surface area contributed by atoms with E-state index in [0.717, 1.165) is 0 Å². The lowest BCUT2D eigenvalue weighted by Crippen LogP contribution is -2.20. The Labute approximate surface area is 91.2 Å². The molecular weight excluding hydrogens is 223 g/mol. The summed E-state index contributed by atoms with van der Waals surface area (Å²) in [7, 11) is 1.46. The Morgan fingerprint density at radius 3 is 2.56 bits per heavy atom. The van der Waals surface area contributed by atoms with Crippen LogP contribution in [0, 0.1) is 0 Å². The highest BCUT2D eigenvalue weighted by Crippen LogP contribution is 2.23. The van der Waals surface area contributed by atoms with Crippen LogP contribution in [0.3, 0.4) is 0 Å². The smallest absolute Gasteiger partial charge is 0.422 e. The van der Waals surface area contributed by atoms with E-state index >= 15 is 0 Å². The molecule has 0 bridgehead atoms. The van der Waals surface area contributed by atoms with E-state index in [0.29, 0.717) is 17.7 Å². The van der Waals surface area contributed by atoms with Crippen LogP contribution < -0.4 is 9.47 Å². The third-order valence-electron chi connectivity index (χ3n) is 1.89. The van der Waals surface area contributed by atoms with Crippen LogP contribution in [-0.2, 0) is 6.42 Å². The molecule has 0 saturated carbocycles. The zero-order chi connectivity index (χ0) is 12.2. The van der Waals surface area contributed by atoms with Crippen molar-refractivity contribution in [2.24, 2.45) is 0 Å². The maximum Gasteiger partial charge on any atom is 0.422 e. The molecule has 0 saturated heterocycles. The van der Waals surface area contributed by atoms with Crippen molar-refractivity contribution in [3.8, 4) is 11.6 Å². The van der Waals surface area contributed by atoms with E-state index in [1.54, 1.807) is 13.0 Å². The molecule has 0 aliphatic carbocycles. The van der Waals surface area contributed by atoms with Crippen LogP contribution in [0.2, 0.25) is 0 Å². The van der Waals surface area contributed by atoms with E-state index in [2.05, 4.69) is 9.72 Å². The lowest BCUT2D eigenvalue weighted by atomic mass is 10.2. The summed E-state index contributed by atoms with van der Waals surface area (Å²) >= 11 is 0. The summed E-state index contributed by atoms with van der Waals surface area (Å²) in [5, 5.41) is 0. The number of methoxy groups -OCH3 is 1. The number of hydrogen-bond acceptors (Lipinski definition) is 3. The summed E-state index contributed by atoms with van der Waals surface area (Å²) in [4.78, 5) is 3.78. The molecule has 0 aliphatic heterocycles. The Morgan fingerprint density at radius 2 is 2.06 bits per heavy atom. The number of rotatable bonds is 4. The molecule has 1 aromatic rings. The van der Waals surface area contributed by atoms with E-state index in [4.69, 9.17) is 4.74 Å². The van der Waals surface area contributed by atoms with Crippen molar-refractivity contribution in [2.45, 2.75) is 19.5 Å². The van der Waals surface area contributed by atoms with Gasteiger partial charge in [0.05, 0.1) is 13.3 Å². The van der Waals surface area contributed by atoms with Crippen molar-refractivity contribution in [3.05, 3.63) is 17.8 Å². The number of nitrogens with zero attached hydrogens (tertiary/aromatic N) is 1. The Kier molecular flexibility index (Phi) is 3.98. The first-order valence-electron chi connectivity index (χ1n) is 4.68. The number of alkyl halides is 3. The summed E-state index contributed by atoms with van der Waals surface area (Å²) in [6, 6.07) is 1.61. The van der Waals surface area contributed by atoms with Crippen LogP contribution in [0.1, 0.15) is 12.5 Å². The number of hydrogen-bond donors (Lipinski definition) is 0. The molecule has 0 spiro atoms. The van der Waals surface area contributed by atoms with Gasteiger partial charge < -0.3 is 9.47 Å². The average molecular weight is 235 g/mol. The third kappa shape index (κ3) is 3.60. The quantitative estimate of drug-likeness (QED) is 0.803. The summed E-state index contributed by atoms with van der Waals surface area (Å²) in [6.45, 7) is 0.468. The van der Waals surface area contributed by atoms with Gasteiger partial charge >= 0.3 is 6.18 Å². The van der Waals surface area contributed by atoms with Gasteiger partial charge in [0.1, 0.15) is 5.75 Å². The monoisotopic (exact) mass is 235 g/mol. The molecule has 0 fully saturated rings. The zero-order valence-electron chi connectivity index (χ0n) is 8.97. The van der Waals surface area contributed by atoms with Crippen LogP contribution in [0.15, 0.2) is 12.3 Å². The van der Waals surface area contributed by atoms with Crippen LogP contribution in [0.4, 0.5) is 13.2 Å². The third-order valence-corrected chi connectivity index (χ3v) is 1.89. The van der Waals surface area contributed by atoms with E-state index in [9.17, 15) is 13.2 Å². The van der Waals surface area contributed by atoms with Crippen LogP contribution in [-0.4, -0.2) is 24.9 Å². The number of halogens is 3. The van der Waals surface area contributed by atoms with Crippen molar-refractivity contribution in [1.82, 2.24) is 4.98 Å². The predicted octanol–water partition coefficient (Wildman–Crippen LogP) is 2.59. The topological polar surface area (TPSA) is 31.4 Å². The van der Waals surface area contributed by atoms with Crippen molar-refractivity contribution < 1.29 is 22.6 Å². The fraction of sp³-hybridized carbons (Fsp3) is 0.500. The average Bonchev–Trinajstić information content (AvgIpc) is 2.25. The van der Waals surface area contributed by atoms with E-state index < -0.39 is 12.8 Å². The fourth-order valence-electron chi connectivity index (χ4n) is 1.12. The van der Waals surface area contributed by atoms with Crippen molar-refractivity contribution in [2.75, 3.05) is 13.7 Å². The lowest BCUT2D eigenvalue weighted by molar-refractivity contribution is -0.154. The molecule has 1 aromatic heterocycles. The number of ether oxygens (including phenoxy) is 2. The van der Waals surface area contributed by atoms with Crippen LogP contribution >= 0.6 is 0 Å². The molecule has 0 aromatic carbocycles. The number of pyridine rings is 1. The molecule has 0 aliphatic rings. The van der Waals surface area contributed by atoms with E-state index in [1.165, 1.54) is 13.3 Å². The molecule has 0 atom stereocenters. The van der Waals surface area contributed by atoms with Gasteiger partial charge in [-0.3, -0.25) is 0 Å². The van der Waals surface area contributed by atoms with Gasteiger partial charge in [-0.05, 0) is 12.5 Å². The zero-order valence-corrected chi connectivity index (χ0v) is 8.97. The molecule has 0 unspecified atom stereocenters. The maximum absolute atomic E-state index is 11.9. The van der Waals surface area contributed by atoms with Gasteiger partial charge in [-0.25, -0.2) is 4.98 Å². The Hall–Kier alpha value is -1.46. The van der Waals surface area contributed by atoms with Crippen LogP contribution in [0.25, 0.3) is 0 Å². The van der Waals surface area contributed by atoms with Gasteiger partial charge in [-0.15, -0.1) is 0 Å². The van der Waals surface area contributed by atoms with Gasteiger partial charge in [-0.1, -0.05) is 6.92 Å². The van der Waals surface area contributed by atoms with Gasteiger partial charge in [-0.2, -0.15) is 13.2 Å². The first-order chi connectivity index (χ1) is 7.46. The van der Waals surface area contributed by atoms with Gasteiger partial charge in [0, 0.05) is 5.56 Å². The second kappa shape index (κ2) is 5.05. The highest BCUT2D eigenvalue weighted by molar-refractivity contribution is 5.33. The summed E-state index contributed by atoms with van der Waals surface area (Å²) < 4.78 is 45.4. The Balaban J connectivity index is 2.79. The Morgan fingerprint density at radius 1 is 1.38 bits per heavy atom. The first-order valence-corrected chi connectivity index (χ1v) is 4.68. The fourth-order valence-corrected chi connectivity index (χ4v) is 1.12. The highest BCUT2D eigenvalue weighted by atomic mass is 19.4. The van der Waals surface area contributed by atoms with Crippen molar-refractivity contribution >= 4 is 0 Å². The summed E-state index contributed by atoms with van der Waals surface area (Å²) in [5.74, 6) is 0.497. The molecule has 1 heterocycles. The number of aryl methyl sites for hydroxylation is 1. The molecule has 0 amide bonds. The molecule has 6 heteroatoms. The molecule has 0 radical (unpaired) electrons. The van der Waals surface area contributed by atoms with Gasteiger partial charge in [0.2, 0.25) is 5.88 Å². The molecule has 1 rings (SSSR count). The molecule has 90 valence electrons. The minimum absolute atomic E-state index is 0.000579. The highest BCUT2D eigenvalue weighted by Gasteiger charge is 2.29. The van der Waals surface area contributed by atoms with E-state index in [1.807, 2.05) is 0 Å². The summed E-state index contributed by atoms with van der Waals surface area (Å²) in [6.07, 6.45) is -2.51. The Bertz CT molecular complexity index is 352. The van der Waals surface area contributed by atoms with Crippen molar-refractivity contribution in [3.63, 3.8) is 0 Å². The summed E-state index contributed by atoms with van der Waals surface area (Å²) in [5.41, 5.74) is 0.587. The second-order valence-corrected chi connectivity index (χ2v) is 3.10. The number of aromatic nitrogens is 1. The van der Waals surface area contributed by atoms with E-state index in [-0.39, 0.29) is 5.88 Å². The molecule has 0 N–H and O–H groups in total. The first kappa shape index (κ1) is 12.6. The largest absolute Gasteiger partial charge is 0.495 e. The van der Waals surface area contributed by atoms with Gasteiger partial charge in [0.15, 0.2) is 6.61 Å². The normalized spacial score (nSPS) is 11.3. The SMILES string of the molecule is CCc1cc(OC)cnc1OCC(F)(F)F. The minimum atomic E-state index is -4.35. The van der Waals surface area contributed by atoms with Gasteiger partial charge in [0.25, 0.3) is 0 Å². The minimum Gasteiger partial charge on any atom is -0.495 e. The molecular formula is C10H12F3NO2. The standard InChI is InChI=1S/C10H12F3NO2/c1-3-7-4-8(15-2)5-14-9(7)16-6-10(11,12)13/h4-5H,3,6H2,1-2H3. The lowest BCUT2D eigenvalue weighted by Gasteiger charge is -2.11. The molecule has 16 heavy (non-hydrogen) atoms. The van der Waals surface area contributed by atoms with Crippen molar-refractivity contribution in [1.29, 1.82) is 0 Å².